The molecule has 1 fully saturated rings. The summed E-state index contributed by atoms with van der Waals surface area (Å²) < 4.78 is 0. The molecule has 0 aromatic carbocycles. The van der Waals surface area contributed by atoms with Crippen LogP contribution in [0.25, 0.3) is 0 Å². The van der Waals surface area contributed by atoms with Crippen molar-refractivity contribution in [3.8, 4) is 0 Å². The molecule has 0 bridgehead atoms. The van der Waals surface area contributed by atoms with Crippen LogP contribution in [0.3, 0.4) is 0 Å². The molecule has 0 saturated carbocycles. The van der Waals surface area contributed by atoms with Crippen molar-refractivity contribution in [1.82, 2.24) is 9.80 Å². The van der Waals surface area contributed by atoms with Gasteiger partial charge in [-0.2, -0.15) is 0 Å². The van der Waals surface area contributed by atoms with Crippen LogP contribution in [0.1, 0.15) is 20.3 Å². The summed E-state index contributed by atoms with van der Waals surface area (Å²) in [6, 6.07) is 0.264. The van der Waals surface area contributed by atoms with E-state index < -0.39 is 6.10 Å². The minimum Gasteiger partial charge on any atom is -0.393 e. The van der Waals surface area contributed by atoms with Gasteiger partial charge in [0.15, 0.2) is 0 Å². The van der Waals surface area contributed by atoms with Gasteiger partial charge < -0.3 is 14.9 Å². The van der Waals surface area contributed by atoms with Crippen LogP contribution >= 0.6 is 0 Å². The van der Waals surface area contributed by atoms with Crippen LogP contribution in [0, 0.1) is 0 Å². The average Bonchev–Trinajstić information content (AvgIpc) is 2.01. The van der Waals surface area contributed by atoms with Gasteiger partial charge in [-0.15, -0.1) is 0 Å². The number of likely N-dealkylation sites (N-methyl/N-ethyl adjacent to an activating group) is 1. The maximum atomic E-state index is 11.7. The molecule has 1 aliphatic rings. The summed E-state index contributed by atoms with van der Waals surface area (Å²) in [5.74, 6) is 0.0700. The number of hydrogen-bond acceptors (Lipinski definition) is 3. The fraction of sp³-hybridized carbons (Fsp3) is 0.900. The normalized spacial score (nSPS) is 26.3. The van der Waals surface area contributed by atoms with Crippen molar-refractivity contribution in [3.63, 3.8) is 0 Å². The van der Waals surface area contributed by atoms with Gasteiger partial charge in [-0.1, -0.05) is 0 Å². The lowest BCUT2D eigenvalue weighted by molar-refractivity contribution is -0.137. The summed E-state index contributed by atoms with van der Waals surface area (Å²) >= 11 is 0. The number of carbonyl (C=O) groups is 1. The molecule has 1 N–H and O–H groups in total. The van der Waals surface area contributed by atoms with E-state index in [1.165, 1.54) is 0 Å². The molecule has 4 heteroatoms. The predicted octanol–water partition coefficient (Wildman–Crippen LogP) is -0.0802. The Kier molecular flexibility index (Phi) is 3.89. The van der Waals surface area contributed by atoms with Gasteiger partial charge in [-0.25, -0.2) is 0 Å². The lowest BCUT2D eigenvalue weighted by Crippen LogP contribution is -2.53. The second-order valence-corrected chi connectivity index (χ2v) is 4.25. The van der Waals surface area contributed by atoms with Crippen LogP contribution in [0.2, 0.25) is 0 Å². The first-order valence-electron chi connectivity index (χ1n) is 5.16. The van der Waals surface area contributed by atoms with Crippen molar-refractivity contribution in [2.24, 2.45) is 0 Å². The first-order chi connectivity index (χ1) is 6.50. The second kappa shape index (κ2) is 4.75. The molecule has 0 radical (unpaired) electrons. The SMILES string of the molecule is C[C@H](O)CC(=O)N1CCN(C)C[C@H]1C. The molecule has 0 aromatic heterocycles. The number of aliphatic hydroxyl groups excluding tert-OH is 1. The Morgan fingerprint density at radius 1 is 1.57 bits per heavy atom. The zero-order chi connectivity index (χ0) is 10.7. The zero-order valence-electron chi connectivity index (χ0n) is 9.23. The fourth-order valence-corrected chi connectivity index (χ4v) is 1.88. The van der Waals surface area contributed by atoms with Gasteiger partial charge in [0.2, 0.25) is 5.91 Å². The van der Waals surface area contributed by atoms with Gasteiger partial charge in [-0.3, -0.25) is 4.79 Å². The van der Waals surface area contributed by atoms with E-state index in [0.717, 1.165) is 19.6 Å². The highest BCUT2D eigenvalue weighted by Crippen LogP contribution is 2.10. The third-order valence-electron chi connectivity index (χ3n) is 2.62. The summed E-state index contributed by atoms with van der Waals surface area (Å²) in [6.45, 7) is 6.33. The highest BCUT2D eigenvalue weighted by molar-refractivity contribution is 5.77. The molecule has 1 amide bonds. The monoisotopic (exact) mass is 200 g/mol. The first kappa shape index (κ1) is 11.5. The number of carbonyl (C=O) groups excluding carboxylic acids is 1. The fourth-order valence-electron chi connectivity index (χ4n) is 1.88. The largest absolute Gasteiger partial charge is 0.393 e. The molecular weight excluding hydrogens is 180 g/mol. The third-order valence-corrected chi connectivity index (χ3v) is 2.62. The van der Waals surface area contributed by atoms with Gasteiger partial charge >= 0.3 is 0 Å². The number of aliphatic hydroxyl groups is 1. The van der Waals surface area contributed by atoms with Crippen molar-refractivity contribution < 1.29 is 9.90 Å². The highest BCUT2D eigenvalue weighted by Gasteiger charge is 2.25. The first-order valence-corrected chi connectivity index (χ1v) is 5.16. The zero-order valence-corrected chi connectivity index (χ0v) is 9.23. The van der Waals surface area contributed by atoms with Gasteiger partial charge in [0.05, 0.1) is 12.5 Å². The Hall–Kier alpha value is -0.610. The van der Waals surface area contributed by atoms with Crippen LogP contribution < -0.4 is 0 Å². The summed E-state index contributed by atoms with van der Waals surface area (Å²) in [4.78, 5) is 15.8. The van der Waals surface area contributed by atoms with Gasteiger partial charge in [0, 0.05) is 25.7 Å². The molecule has 82 valence electrons. The summed E-state index contributed by atoms with van der Waals surface area (Å²) in [5.41, 5.74) is 0. The Morgan fingerprint density at radius 3 is 2.71 bits per heavy atom. The summed E-state index contributed by atoms with van der Waals surface area (Å²) in [5, 5.41) is 9.13. The van der Waals surface area contributed by atoms with Crippen LogP contribution in [-0.4, -0.2) is 59.6 Å². The van der Waals surface area contributed by atoms with E-state index in [0.29, 0.717) is 0 Å². The summed E-state index contributed by atoms with van der Waals surface area (Å²) in [7, 11) is 2.06. The maximum Gasteiger partial charge on any atom is 0.225 e. The Bertz CT molecular complexity index is 206. The molecule has 0 aliphatic carbocycles. The molecule has 2 atom stereocenters. The van der Waals surface area contributed by atoms with Crippen LogP contribution in [0.4, 0.5) is 0 Å². The van der Waals surface area contributed by atoms with Crippen molar-refractivity contribution in [3.05, 3.63) is 0 Å². The van der Waals surface area contributed by atoms with Crippen molar-refractivity contribution in [2.45, 2.75) is 32.4 Å². The van der Waals surface area contributed by atoms with E-state index in [2.05, 4.69) is 18.9 Å². The molecule has 1 aliphatic heterocycles. The van der Waals surface area contributed by atoms with E-state index in [9.17, 15) is 4.79 Å². The number of rotatable bonds is 2. The van der Waals surface area contributed by atoms with Gasteiger partial charge in [0.25, 0.3) is 0 Å². The number of hydrogen-bond donors (Lipinski definition) is 1. The number of amides is 1. The maximum absolute atomic E-state index is 11.7. The second-order valence-electron chi connectivity index (χ2n) is 4.25. The third kappa shape index (κ3) is 2.96. The van der Waals surface area contributed by atoms with Crippen molar-refractivity contribution >= 4 is 5.91 Å². The quantitative estimate of drug-likeness (QED) is 0.678. The number of piperazine rings is 1. The molecule has 4 nitrogen and oxygen atoms in total. The Morgan fingerprint density at radius 2 is 2.21 bits per heavy atom. The highest BCUT2D eigenvalue weighted by atomic mass is 16.3. The Balaban J connectivity index is 2.47. The molecule has 1 heterocycles. The van der Waals surface area contributed by atoms with Gasteiger partial charge in [0.1, 0.15) is 0 Å². The minimum atomic E-state index is -0.533. The minimum absolute atomic E-state index is 0.0700. The van der Waals surface area contributed by atoms with Crippen LogP contribution in [0.15, 0.2) is 0 Å². The predicted molar refractivity (Wildman–Crippen MR) is 55.0 cm³/mol. The van der Waals surface area contributed by atoms with E-state index >= 15 is 0 Å². The molecule has 0 unspecified atom stereocenters. The van der Waals surface area contributed by atoms with E-state index in [1.54, 1.807) is 6.92 Å². The molecule has 1 saturated heterocycles. The molecule has 14 heavy (non-hydrogen) atoms. The lowest BCUT2D eigenvalue weighted by atomic mass is 10.1. The standard InChI is InChI=1S/C10H20N2O2/c1-8-7-11(3)4-5-12(8)10(14)6-9(2)13/h8-9,13H,4-7H2,1-3H3/t8-,9+/m1/s1. The van der Waals surface area contributed by atoms with E-state index in [-0.39, 0.29) is 18.4 Å². The molecule has 0 spiro atoms. The van der Waals surface area contributed by atoms with Crippen LogP contribution in [0.5, 0.6) is 0 Å². The van der Waals surface area contributed by atoms with E-state index in [4.69, 9.17) is 5.11 Å². The Labute approximate surface area is 85.5 Å². The topological polar surface area (TPSA) is 43.8 Å². The molecule has 0 aromatic rings. The number of nitrogens with zero attached hydrogens (tertiary/aromatic N) is 2. The van der Waals surface area contributed by atoms with Crippen LogP contribution in [-0.2, 0) is 4.79 Å². The van der Waals surface area contributed by atoms with E-state index in [1.807, 2.05) is 4.90 Å². The van der Waals surface area contributed by atoms with Crippen molar-refractivity contribution in [1.29, 1.82) is 0 Å². The van der Waals surface area contributed by atoms with Gasteiger partial charge in [-0.05, 0) is 20.9 Å². The molecular formula is C10H20N2O2. The summed E-state index contributed by atoms with van der Waals surface area (Å²) in [6.07, 6.45) is -0.289. The lowest BCUT2D eigenvalue weighted by Gasteiger charge is -2.38. The molecule has 1 rings (SSSR count). The smallest absolute Gasteiger partial charge is 0.225 e. The average molecular weight is 200 g/mol. The van der Waals surface area contributed by atoms with Crippen molar-refractivity contribution in [2.75, 3.05) is 26.7 Å².